The molecule has 3 rings (SSSR count). The molecule has 1 aromatic heterocycles. The van der Waals surface area contributed by atoms with Crippen molar-refractivity contribution in [2.24, 2.45) is 0 Å². The van der Waals surface area contributed by atoms with Gasteiger partial charge in [0.1, 0.15) is 11.6 Å². The van der Waals surface area contributed by atoms with Crippen molar-refractivity contribution in [3.63, 3.8) is 0 Å². The molecule has 4 nitrogen and oxygen atoms in total. The molecule has 0 aliphatic rings. The highest BCUT2D eigenvalue weighted by atomic mass is 19.1. The van der Waals surface area contributed by atoms with Crippen LogP contribution in [-0.4, -0.2) is 16.1 Å². The third-order valence-electron chi connectivity index (χ3n) is 3.59. The number of anilines is 2. The van der Waals surface area contributed by atoms with Gasteiger partial charge in [0, 0.05) is 11.9 Å². The first-order valence-electron chi connectivity index (χ1n) is 7.50. The summed E-state index contributed by atoms with van der Waals surface area (Å²) in [5, 5.41) is 12.2. The second kappa shape index (κ2) is 7.09. The van der Waals surface area contributed by atoms with Crippen molar-refractivity contribution >= 4 is 17.3 Å². The molecule has 6 heteroatoms. The number of nitrogens with one attached hydrogen (secondary N) is 1. The number of pyridine rings is 1. The number of carboxylic acid groups (broad SMARTS) is 1. The average molecular weight is 340 g/mol. The van der Waals surface area contributed by atoms with E-state index < -0.39 is 5.97 Å². The zero-order valence-electron chi connectivity index (χ0n) is 13.0. The normalized spacial score (nSPS) is 10.5. The average Bonchev–Trinajstić information content (AvgIpc) is 2.59. The van der Waals surface area contributed by atoms with E-state index in [4.69, 9.17) is 0 Å². The Balaban J connectivity index is 1.89. The summed E-state index contributed by atoms with van der Waals surface area (Å²) in [5.41, 5.74) is 2.36. The Morgan fingerprint density at radius 1 is 0.960 bits per heavy atom. The van der Waals surface area contributed by atoms with Crippen molar-refractivity contribution < 1.29 is 18.7 Å². The highest BCUT2D eigenvalue weighted by molar-refractivity contribution is 5.93. The summed E-state index contributed by atoms with van der Waals surface area (Å²) in [4.78, 5) is 15.4. The molecule has 0 aliphatic carbocycles. The summed E-state index contributed by atoms with van der Waals surface area (Å²) >= 11 is 0. The van der Waals surface area contributed by atoms with Crippen molar-refractivity contribution in [2.45, 2.75) is 6.42 Å². The Morgan fingerprint density at radius 2 is 1.56 bits per heavy atom. The van der Waals surface area contributed by atoms with Crippen LogP contribution in [0, 0.1) is 11.6 Å². The topological polar surface area (TPSA) is 62.2 Å². The van der Waals surface area contributed by atoms with Crippen molar-refractivity contribution in [3.05, 3.63) is 89.2 Å². The lowest BCUT2D eigenvalue weighted by atomic mass is 10.1. The minimum atomic E-state index is -1.17. The van der Waals surface area contributed by atoms with Gasteiger partial charge in [-0.2, -0.15) is 0 Å². The molecule has 0 radical (unpaired) electrons. The summed E-state index contributed by atoms with van der Waals surface area (Å²) in [6.07, 6.45) is 1.95. The second-order valence-electron chi connectivity index (χ2n) is 5.48. The molecular formula is C19H14F2N2O2. The zero-order chi connectivity index (χ0) is 17.8. The van der Waals surface area contributed by atoms with Crippen LogP contribution in [0.2, 0.25) is 0 Å². The smallest absolute Gasteiger partial charge is 0.356 e. The molecule has 0 aliphatic heterocycles. The predicted molar refractivity (Wildman–Crippen MR) is 90.1 cm³/mol. The van der Waals surface area contributed by atoms with Crippen LogP contribution >= 0.6 is 0 Å². The lowest BCUT2D eigenvalue weighted by Crippen LogP contribution is -2.07. The Kier molecular flexibility index (Phi) is 4.70. The molecule has 2 N–H and O–H groups in total. The number of benzene rings is 2. The first-order valence-corrected chi connectivity index (χ1v) is 7.50. The van der Waals surface area contributed by atoms with Gasteiger partial charge in [-0.1, -0.05) is 12.1 Å². The SMILES string of the molecule is O=C(O)c1ncc(Cc2ccc(F)cc2)cc1Nc1ccc(F)cc1. The first kappa shape index (κ1) is 16.6. The van der Waals surface area contributed by atoms with Gasteiger partial charge in [0.05, 0.1) is 5.69 Å². The van der Waals surface area contributed by atoms with E-state index in [1.165, 1.54) is 42.6 Å². The van der Waals surface area contributed by atoms with Gasteiger partial charge < -0.3 is 10.4 Å². The zero-order valence-corrected chi connectivity index (χ0v) is 13.0. The maximum atomic E-state index is 13.0. The van der Waals surface area contributed by atoms with Crippen molar-refractivity contribution in [1.29, 1.82) is 0 Å². The third kappa shape index (κ3) is 4.17. The molecule has 0 spiro atoms. The van der Waals surface area contributed by atoms with E-state index in [1.807, 2.05) is 0 Å². The van der Waals surface area contributed by atoms with E-state index in [2.05, 4.69) is 10.3 Å². The van der Waals surface area contributed by atoms with Crippen molar-refractivity contribution in [3.8, 4) is 0 Å². The molecule has 25 heavy (non-hydrogen) atoms. The molecule has 0 saturated carbocycles. The number of aromatic carboxylic acids is 1. The van der Waals surface area contributed by atoms with E-state index in [-0.39, 0.29) is 17.3 Å². The lowest BCUT2D eigenvalue weighted by Gasteiger charge is -2.11. The summed E-state index contributed by atoms with van der Waals surface area (Å²) < 4.78 is 26.0. The van der Waals surface area contributed by atoms with Crippen LogP contribution in [0.1, 0.15) is 21.6 Å². The molecule has 0 bridgehead atoms. The fraction of sp³-hybridized carbons (Fsp3) is 0.0526. The van der Waals surface area contributed by atoms with Crippen LogP contribution in [0.25, 0.3) is 0 Å². The summed E-state index contributed by atoms with van der Waals surface area (Å²) in [6, 6.07) is 13.3. The number of hydrogen-bond donors (Lipinski definition) is 2. The minimum Gasteiger partial charge on any atom is -0.476 e. The van der Waals surface area contributed by atoms with Crippen LogP contribution in [0.3, 0.4) is 0 Å². The molecule has 1 heterocycles. The Morgan fingerprint density at radius 3 is 2.16 bits per heavy atom. The number of hydrogen-bond acceptors (Lipinski definition) is 3. The number of carbonyl (C=O) groups is 1. The van der Waals surface area contributed by atoms with Gasteiger partial charge in [-0.15, -0.1) is 0 Å². The molecule has 0 atom stereocenters. The van der Waals surface area contributed by atoms with E-state index in [0.717, 1.165) is 11.1 Å². The molecule has 3 aromatic rings. The van der Waals surface area contributed by atoms with Gasteiger partial charge in [-0.3, -0.25) is 0 Å². The largest absolute Gasteiger partial charge is 0.476 e. The van der Waals surface area contributed by atoms with E-state index in [9.17, 15) is 18.7 Å². The van der Waals surface area contributed by atoms with Gasteiger partial charge >= 0.3 is 5.97 Å². The van der Waals surface area contributed by atoms with Crippen molar-refractivity contribution in [1.82, 2.24) is 4.98 Å². The number of nitrogens with zero attached hydrogens (tertiary/aromatic N) is 1. The van der Waals surface area contributed by atoms with Gasteiger partial charge in [-0.05, 0) is 60.0 Å². The lowest BCUT2D eigenvalue weighted by molar-refractivity contribution is 0.0691. The quantitative estimate of drug-likeness (QED) is 0.723. The number of carboxylic acids is 1. The second-order valence-corrected chi connectivity index (χ2v) is 5.48. The highest BCUT2D eigenvalue weighted by Crippen LogP contribution is 2.22. The molecular weight excluding hydrogens is 326 g/mol. The van der Waals surface area contributed by atoms with Gasteiger partial charge in [-0.25, -0.2) is 18.6 Å². The van der Waals surface area contributed by atoms with E-state index >= 15 is 0 Å². The standard InChI is InChI=1S/C19H14F2N2O2/c20-14-3-1-12(2-4-14)9-13-10-17(18(19(24)25)22-11-13)23-16-7-5-15(21)6-8-16/h1-8,10-11,23H,9H2,(H,24,25). The third-order valence-corrected chi connectivity index (χ3v) is 3.59. The predicted octanol–water partition coefficient (Wildman–Crippen LogP) is 4.39. The first-order chi connectivity index (χ1) is 12.0. The molecule has 0 saturated heterocycles. The van der Waals surface area contributed by atoms with Crippen LogP contribution in [0.5, 0.6) is 0 Å². The molecule has 0 fully saturated rings. The van der Waals surface area contributed by atoms with Crippen LogP contribution in [0.4, 0.5) is 20.2 Å². The fourth-order valence-corrected chi connectivity index (χ4v) is 2.40. The van der Waals surface area contributed by atoms with Crippen LogP contribution < -0.4 is 5.32 Å². The highest BCUT2D eigenvalue weighted by Gasteiger charge is 2.13. The number of rotatable bonds is 5. The summed E-state index contributed by atoms with van der Waals surface area (Å²) in [6.45, 7) is 0. The van der Waals surface area contributed by atoms with Gasteiger partial charge in [0.15, 0.2) is 5.69 Å². The number of halogens is 2. The Hall–Kier alpha value is -3.28. The monoisotopic (exact) mass is 340 g/mol. The Bertz CT molecular complexity index is 894. The Labute approximate surface area is 142 Å². The maximum Gasteiger partial charge on any atom is 0.356 e. The molecule has 0 amide bonds. The molecule has 2 aromatic carbocycles. The van der Waals surface area contributed by atoms with Gasteiger partial charge in [0.25, 0.3) is 0 Å². The maximum absolute atomic E-state index is 13.0. The van der Waals surface area contributed by atoms with Crippen molar-refractivity contribution in [2.75, 3.05) is 5.32 Å². The number of aromatic nitrogens is 1. The minimum absolute atomic E-state index is 0.132. The van der Waals surface area contributed by atoms with E-state index in [1.54, 1.807) is 18.2 Å². The fourth-order valence-electron chi connectivity index (χ4n) is 2.40. The molecule has 126 valence electrons. The summed E-state index contributed by atoms with van der Waals surface area (Å²) in [5.74, 6) is -1.87. The summed E-state index contributed by atoms with van der Waals surface area (Å²) in [7, 11) is 0. The van der Waals surface area contributed by atoms with E-state index in [0.29, 0.717) is 17.8 Å². The van der Waals surface area contributed by atoms with Gasteiger partial charge in [0.2, 0.25) is 0 Å². The van der Waals surface area contributed by atoms with Crippen LogP contribution in [0.15, 0.2) is 60.8 Å². The molecule has 0 unspecified atom stereocenters. The van der Waals surface area contributed by atoms with Crippen LogP contribution in [-0.2, 0) is 6.42 Å².